The van der Waals surface area contributed by atoms with Crippen molar-refractivity contribution in [3.8, 4) is 5.75 Å². The molecule has 1 heterocycles. The number of benzene rings is 1. The third kappa shape index (κ3) is 2.63. The summed E-state index contributed by atoms with van der Waals surface area (Å²) in [6.07, 6.45) is 0. The van der Waals surface area contributed by atoms with Crippen LogP contribution in [0.2, 0.25) is 0 Å². The van der Waals surface area contributed by atoms with Crippen molar-refractivity contribution in [1.29, 1.82) is 0 Å². The Balaban J connectivity index is 0.00000162. The van der Waals surface area contributed by atoms with Crippen LogP contribution >= 0.6 is 23.7 Å². The van der Waals surface area contributed by atoms with Crippen molar-refractivity contribution in [3.05, 3.63) is 51.7 Å². The summed E-state index contributed by atoms with van der Waals surface area (Å²) in [6, 6.07) is 5.12. The van der Waals surface area contributed by atoms with Gasteiger partial charge in [0.15, 0.2) is 11.6 Å². The molecule has 2 aromatic rings. The van der Waals surface area contributed by atoms with Gasteiger partial charge in [-0.3, -0.25) is 0 Å². The van der Waals surface area contributed by atoms with Crippen molar-refractivity contribution in [3.63, 3.8) is 0 Å². The van der Waals surface area contributed by atoms with Gasteiger partial charge in [-0.05, 0) is 23.6 Å². The van der Waals surface area contributed by atoms with Crippen LogP contribution in [0, 0.1) is 11.6 Å². The van der Waals surface area contributed by atoms with E-state index in [-0.39, 0.29) is 23.7 Å². The van der Waals surface area contributed by atoms with Gasteiger partial charge >= 0.3 is 0 Å². The number of hydrogen-bond donors (Lipinski definition) is 1. The molecule has 6 heteroatoms. The van der Waals surface area contributed by atoms with E-state index in [1.54, 1.807) is 12.1 Å². The van der Waals surface area contributed by atoms with Crippen molar-refractivity contribution in [2.24, 2.45) is 5.73 Å². The van der Waals surface area contributed by atoms with Gasteiger partial charge in [0, 0.05) is 10.4 Å². The molecule has 0 radical (unpaired) electrons. The van der Waals surface area contributed by atoms with Crippen LogP contribution < -0.4 is 10.5 Å². The highest BCUT2D eigenvalue weighted by Gasteiger charge is 2.22. The van der Waals surface area contributed by atoms with Crippen LogP contribution in [-0.2, 0) is 0 Å². The van der Waals surface area contributed by atoms with Gasteiger partial charge in [-0.1, -0.05) is 6.07 Å². The van der Waals surface area contributed by atoms with Gasteiger partial charge < -0.3 is 10.5 Å². The molecule has 98 valence electrons. The third-order valence-corrected chi connectivity index (χ3v) is 3.43. The Labute approximate surface area is 114 Å². The largest absolute Gasteiger partial charge is 0.494 e. The van der Waals surface area contributed by atoms with E-state index in [4.69, 9.17) is 10.5 Å². The molecule has 0 fully saturated rings. The smallest absolute Gasteiger partial charge is 0.173 e. The normalized spacial score (nSPS) is 11.8. The standard InChI is InChI=1S/C12H11F2NOS.ClH/c1-16-8-5-4-7(13)10(11(8)14)12(15)9-3-2-6-17-9;/h2-6,12H,15H2,1H3;1H/t12-;/m0./s1. The molecule has 18 heavy (non-hydrogen) atoms. The molecule has 0 saturated carbocycles. The van der Waals surface area contributed by atoms with E-state index in [2.05, 4.69) is 0 Å². The Kier molecular flexibility index (Phi) is 5.07. The molecule has 1 aromatic heterocycles. The number of rotatable bonds is 3. The van der Waals surface area contributed by atoms with Crippen LogP contribution in [0.4, 0.5) is 8.78 Å². The Morgan fingerprint density at radius 3 is 2.56 bits per heavy atom. The number of thiophene rings is 1. The SMILES string of the molecule is COc1ccc(F)c([C@@H](N)c2cccs2)c1F.Cl. The fourth-order valence-corrected chi connectivity index (χ4v) is 2.34. The van der Waals surface area contributed by atoms with Gasteiger partial charge in [0.1, 0.15) is 5.82 Å². The summed E-state index contributed by atoms with van der Waals surface area (Å²) in [5.41, 5.74) is 5.70. The zero-order chi connectivity index (χ0) is 12.4. The summed E-state index contributed by atoms with van der Waals surface area (Å²) < 4.78 is 32.4. The van der Waals surface area contributed by atoms with Crippen molar-refractivity contribution in [2.45, 2.75) is 6.04 Å². The second-order valence-corrected chi connectivity index (χ2v) is 4.45. The predicted molar refractivity (Wildman–Crippen MR) is 70.5 cm³/mol. The molecule has 0 amide bonds. The average Bonchev–Trinajstić information content (AvgIpc) is 2.82. The molecular weight excluding hydrogens is 280 g/mol. The first-order valence-corrected chi connectivity index (χ1v) is 5.84. The van der Waals surface area contributed by atoms with E-state index >= 15 is 0 Å². The van der Waals surface area contributed by atoms with E-state index in [0.29, 0.717) is 4.88 Å². The number of halogens is 3. The fourth-order valence-electron chi connectivity index (χ4n) is 1.60. The minimum Gasteiger partial charge on any atom is -0.494 e. The van der Waals surface area contributed by atoms with Crippen LogP contribution in [-0.4, -0.2) is 7.11 Å². The number of methoxy groups -OCH3 is 1. The third-order valence-electron chi connectivity index (χ3n) is 2.47. The zero-order valence-electron chi connectivity index (χ0n) is 9.52. The highest BCUT2D eigenvalue weighted by atomic mass is 35.5. The molecule has 2 rings (SSSR count). The van der Waals surface area contributed by atoms with Crippen molar-refractivity contribution < 1.29 is 13.5 Å². The maximum Gasteiger partial charge on any atom is 0.173 e. The summed E-state index contributed by atoms with van der Waals surface area (Å²) in [5, 5.41) is 1.81. The lowest BCUT2D eigenvalue weighted by molar-refractivity contribution is 0.379. The number of hydrogen-bond acceptors (Lipinski definition) is 3. The van der Waals surface area contributed by atoms with Gasteiger partial charge in [0.25, 0.3) is 0 Å². The van der Waals surface area contributed by atoms with Gasteiger partial charge in [-0.25, -0.2) is 8.78 Å². The van der Waals surface area contributed by atoms with Crippen molar-refractivity contribution in [2.75, 3.05) is 7.11 Å². The summed E-state index contributed by atoms with van der Waals surface area (Å²) in [5.74, 6) is -1.41. The predicted octanol–water partition coefficient (Wildman–Crippen LogP) is 3.50. The van der Waals surface area contributed by atoms with E-state index in [0.717, 1.165) is 6.07 Å². The molecule has 0 spiro atoms. The Morgan fingerprint density at radius 1 is 1.28 bits per heavy atom. The molecule has 0 aliphatic rings. The van der Waals surface area contributed by atoms with Crippen LogP contribution in [0.1, 0.15) is 16.5 Å². The lowest BCUT2D eigenvalue weighted by atomic mass is 10.0. The van der Waals surface area contributed by atoms with Gasteiger partial charge in [-0.2, -0.15) is 0 Å². The lowest BCUT2D eigenvalue weighted by Gasteiger charge is -2.14. The van der Waals surface area contributed by atoms with Crippen molar-refractivity contribution >= 4 is 23.7 Å². The van der Waals surface area contributed by atoms with Crippen molar-refractivity contribution in [1.82, 2.24) is 0 Å². The minimum atomic E-state index is -0.815. The molecule has 2 N–H and O–H groups in total. The molecule has 0 saturated heterocycles. The summed E-state index contributed by atoms with van der Waals surface area (Å²) in [7, 11) is 1.33. The number of nitrogens with two attached hydrogens (primary N) is 1. The monoisotopic (exact) mass is 291 g/mol. The molecule has 0 aliphatic carbocycles. The molecule has 0 unspecified atom stereocenters. The average molecular weight is 292 g/mol. The fraction of sp³-hybridized carbons (Fsp3) is 0.167. The van der Waals surface area contributed by atoms with Gasteiger partial charge in [-0.15, -0.1) is 23.7 Å². The zero-order valence-corrected chi connectivity index (χ0v) is 11.2. The van der Waals surface area contributed by atoms with Crippen LogP contribution in [0.25, 0.3) is 0 Å². The van der Waals surface area contributed by atoms with Crippen LogP contribution in [0.3, 0.4) is 0 Å². The molecule has 1 atom stereocenters. The highest BCUT2D eigenvalue weighted by Crippen LogP contribution is 2.31. The topological polar surface area (TPSA) is 35.2 Å². The Hall–Kier alpha value is -1.17. The molecule has 1 aromatic carbocycles. The quantitative estimate of drug-likeness (QED) is 0.939. The first kappa shape index (κ1) is 14.9. The van der Waals surface area contributed by atoms with E-state index in [1.807, 2.05) is 5.38 Å². The van der Waals surface area contributed by atoms with Gasteiger partial charge in [0.05, 0.1) is 13.2 Å². The lowest BCUT2D eigenvalue weighted by Crippen LogP contribution is -2.15. The summed E-state index contributed by atoms with van der Waals surface area (Å²) in [4.78, 5) is 0.705. The highest BCUT2D eigenvalue weighted by molar-refractivity contribution is 7.10. The van der Waals surface area contributed by atoms with E-state index in [1.165, 1.54) is 24.5 Å². The minimum absolute atomic E-state index is 0. The van der Waals surface area contributed by atoms with Gasteiger partial charge in [0.2, 0.25) is 0 Å². The Morgan fingerprint density at radius 2 is 2.00 bits per heavy atom. The molecule has 2 nitrogen and oxygen atoms in total. The molecule has 0 aliphatic heterocycles. The first-order chi connectivity index (χ1) is 8.15. The first-order valence-electron chi connectivity index (χ1n) is 4.96. The molecular formula is C12H12ClF2NOS. The van der Waals surface area contributed by atoms with Crippen LogP contribution in [0.5, 0.6) is 5.75 Å². The summed E-state index contributed by atoms with van der Waals surface area (Å²) >= 11 is 1.36. The van der Waals surface area contributed by atoms with E-state index < -0.39 is 17.7 Å². The maximum absolute atomic E-state index is 13.9. The van der Waals surface area contributed by atoms with E-state index in [9.17, 15) is 8.78 Å². The maximum atomic E-state index is 13.9. The van der Waals surface area contributed by atoms with Crippen LogP contribution in [0.15, 0.2) is 29.6 Å². The Bertz CT molecular complexity index is 519. The molecule has 0 bridgehead atoms. The second-order valence-electron chi connectivity index (χ2n) is 3.47. The summed E-state index contributed by atoms with van der Waals surface area (Å²) in [6.45, 7) is 0. The number of ether oxygens (including phenoxy) is 1. The second kappa shape index (κ2) is 6.13.